The lowest BCUT2D eigenvalue weighted by Gasteiger charge is -2.39. The van der Waals surface area contributed by atoms with Crippen LogP contribution in [0.1, 0.15) is 32.8 Å². The number of hydrogen-bond acceptors (Lipinski definition) is 6. The van der Waals surface area contributed by atoms with Crippen molar-refractivity contribution in [2.45, 2.75) is 45.2 Å². The molecule has 2 aromatic heterocycles. The number of carbonyl (C=O) groups is 1. The van der Waals surface area contributed by atoms with Gasteiger partial charge < -0.3 is 15.0 Å². The molecule has 0 saturated carbocycles. The number of likely N-dealkylation sites (tertiary alicyclic amines) is 1. The van der Waals surface area contributed by atoms with Crippen LogP contribution in [0.2, 0.25) is 0 Å². The number of amides is 1. The second kappa shape index (κ2) is 9.39. The molecule has 0 spiro atoms. The fourth-order valence-electron chi connectivity index (χ4n) is 3.75. The number of fused-ring (bicyclic) bond motifs is 1. The number of benzene rings is 1. The fraction of sp³-hybridized carbons (Fsp3) is 0.417. The smallest absolute Gasteiger partial charge is 0.410 e. The Balaban J connectivity index is 1.45. The van der Waals surface area contributed by atoms with Crippen LogP contribution < -0.4 is 10.9 Å². The van der Waals surface area contributed by atoms with E-state index in [-0.39, 0.29) is 11.7 Å². The Hall–Kier alpha value is -3.13. The molecule has 1 amide bonds. The van der Waals surface area contributed by atoms with Gasteiger partial charge in [-0.3, -0.25) is 9.36 Å². The molecule has 1 fully saturated rings. The quantitative estimate of drug-likeness (QED) is 0.533. The van der Waals surface area contributed by atoms with Crippen LogP contribution in [0.4, 0.5) is 16.4 Å². The number of ether oxygens (including phenoxy) is 1. The monoisotopic (exact) mass is 469 g/mol. The number of carbonyl (C=O) groups excluding carboxylic acids is 1. The molecule has 0 bridgehead atoms. The molecule has 0 atom stereocenters. The van der Waals surface area contributed by atoms with Crippen molar-refractivity contribution in [3.8, 4) is 0 Å². The number of nitrogens with one attached hydrogen (secondary N) is 1. The summed E-state index contributed by atoms with van der Waals surface area (Å²) >= 11 is 5.92. The highest BCUT2D eigenvalue weighted by Gasteiger charge is 2.33. The summed E-state index contributed by atoms with van der Waals surface area (Å²) in [6.07, 6.45) is 2.19. The number of rotatable bonds is 6. The molecule has 0 unspecified atom stereocenters. The van der Waals surface area contributed by atoms with Crippen molar-refractivity contribution in [1.82, 2.24) is 19.4 Å². The lowest BCUT2D eigenvalue weighted by molar-refractivity contribution is -0.00265. The number of aromatic nitrogens is 3. The maximum atomic E-state index is 12.6. The molecule has 8 nitrogen and oxygen atoms in total. The van der Waals surface area contributed by atoms with E-state index in [1.165, 1.54) is 6.07 Å². The lowest BCUT2D eigenvalue weighted by Crippen LogP contribution is -2.51. The van der Waals surface area contributed by atoms with Crippen molar-refractivity contribution >= 4 is 40.4 Å². The number of halogens is 1. The molecule has 1 aromatic carbocycles. The van der Waals surface area contributed by atoms with Crippen LogP contribution in [0.5, 0.6) is 0 Å². The van der Waals surface area contributed by atoms with Gasteiger partial charge in [0.05, 0.1) is 0 Å². The fourth-order valence-corrected chi connectivity index (χ4v) is 3.91. The van der Waals surface area contributed by atoms with E-state index in [2.05, 4.69) is 15.3 Å². The number of alkyl halides is 1. The Morgan fingerprint density at radius 2 is 2.03 bits per heavy atom. The molecule has 174 valence electrons. The highest BCUT2D eigenvalue weighted by atomic mass is 35.5. The van der Waals surface area contributed by atoms with Gasteiger partial charge in [0, 0.05) is 48.9 Å². The van der Waals surface area contributed by atoms with Gasteiger partial charge in [-0.15, -0.1) is 11.6 Å². The van der Waals surface area contributed by atoms with Crippen LogP contribution in [0.15, 0.2) is 47.4 Å². The summed E-state index contributed by atoms with van der Waals surface area (Å²) in [5.41, 5.74) is 1.78. The van der Waals surface area contributed by atoms with Gasteiger partial charge in [0.1, 0.15) is 11.2 Å². The first-order chi connectivity index (χ1) is 15.7. The minimum atomic E-state index is -0.505. The van der Waals surface area contributed by atoms with Crippen LogP contribution in [0.3, 0.4) is 0 Å². The van der Waals surface area contributed by atoms with Crippen molar-refractivity contribution in [3.63, 3.8) is 0 Å². The van der Waals surface area contributed by atoms with Crippen molar-refractivity contribution < 1.29 is 9.53 Å². The number of nitrogens with zero attached hydrogens (tertiary/aromatic N) is 4. The topological polar surface area (TPSA) is 89.4 Å². The van der Waals surface area contributed by atoms with Gasteiger partial charge in [0.25, 0.3) is 5.56 Å². The summed E-state index contributed by atoms with van der Waals surface area (Å²) in [4.78, 5) is 35.4. The average molecular weight is 470 g/mol. The van der Waals surface area contributed by atoms with Crippen molar-refractivity contribution in [2.24, 2.45) is 5.92 Å². The molecule has 1 aliphatic heterocycles. The van der Waals surface area contributed by atoms with E-state index < -0.39 is 5.60 Å². The van der Waals surface area contributed by atoms with E-state index in [0.29, 0.717) is 43.0 Å². The number of hydrogen-bond donors (Lipinski definition) is 1. The average Bonchev–Trinajstić information content (AvgIpc) is 2.72. The SMILES string of the molecule is CC(C)(C)OC(=O)N1CC(CCn2c(=O)ccc3cnc(Nc4cccc(CCl)c4)nc32)C1. The van der Waals surface area contributed by atoms with Crippen LogP contribution in [0, 0.1) is 5.92 Å². The first-order valence-corrected chi connectivity index (χ1v) is 11.5. The van der Waals surface area contributed by atoms with E-state index in [0.717, 1.165) is 23.1 Å². The first-order valence-electron chi connectivity index (χ1n) is 11.0. The summed E-state index contributed by atoms with van der Waals surface area (Å²) < 4.78 is 7.08. The highest BCUT2D eigenvalue weighted by molar-refractivity contribution is 6.17. The van der Waals surface area contributed by atoms with Gasteiger partial charge >= 0.3 is 6.09 Å². The Morgan fingerprint density at radius 1 is 1.24 bits per heavy atom. The van der Waals surface area contributed by atoms with Crippen molar-refractivity contribution in [1.29, 1.82) is 0 Å². The van der Waals surface area contributed by atoms with Crippen LogP contribution >= 0.6 is 11.6 Å². The number of aryl methyl sites for hydroxylation is 1. The number of anilines is 2. The predicted octanol–water partition coefficient (Wildman–Crippen LogP) is 4.53. The second-order valence-electron chi connectivity index (χ2n) is 9.29. The molecule has 33 heavy (non-hydrogen) atoms. The third kappa shape index (κ3) is 5.63. The van der Waals surface area contributed by atoms with Gasteiger partial charge in [-0.05, 0) is 56.9 Å². The third-order valence-electron chi connectivity index (χ3n) is 5.43. The zero-order chi connectivity index (χ0) is 23.6. The molecule has 3 aromatic rings. The zero-order valence-corrected chi connectivity index (χ0v) is 19.8. The third-order valence-corrected chi connectivity index (χ3v) is 5.74. The Bertz CT molecular complexity index is 1210. The van der Waals surface area contributed by atoms with Gasteiger partial charge in [-0.25, -0.2) is 9.78 Å². The zero-order valence-electron chi connectivity index (χ0n) is 19.0. The molecule has 9 heteroatoms. The standard InChI is InChI=1S/C24H28ClN5O3/c1-24(2,3)33-23(32)29-14-17(15-29)9-10-30-20(31)8-7-18-13-26-22(28-21(18)30)27-19-6-4-5-16(11-19)12-25/h4-8,11,13,17H,9-10,12,14-15H2,1-3H3,(H,26,27,28). The Morgan fingerprint density at radius 3 is 2.76 bits per heavy atom. The Kier molecular flexibility index (Phi) is 6.56. The highest BCUT2D eigenvalue weighted by Crippen LogP contribution is 2.23. The summed E-state index contributed by atoms with van der Waals surface area (Å²) in [6.45, 7) is 7.35. The normalized spacial score (nSPS) is 14.2. The van der Waals surface area contributed by atoms with E-state index in [1.807, 2.05) is 45.0 Å². The lowest BCUT2D eigenvalue weighted by atomic mass is 9.97. The summed E-state index contributed by atoms with van der Waals surface area (Å²) in [5.74, 6) is 1.14. The summed E-state index contributed by atoms with van der Waals surface area (Å²) in [6, 6.07) is 11.0. The molecular formula is C24H28ClN5O3. The van der Waals surface area contributed by atoms with E-state index in [4.69, 9.17) is 16.3 Å². The molecular weight excluding hydrogens is 442 g/mol. The van der Waals surface area contributed by atoms with E-state index in [9.17, 15) is 9.59 Å². The van der Waals surface area contributed by atoms with Gasteiger partial charge in [0.15, 0.2) is 0 Å². The van der Waals surface area contributed by atoms with Gasteiger partial charge in [-0.1, -0.05) is 12.1 Å². The van der Waals surface area contributed by atoms with Gasteiger partial charge in [0.2, 0.25) is 5.95 Å². The van der Waals surface area contributed by atoms with Crippen molar-refractivity contribution in [3.05, 3.63) is 58.5 Å². The maximum Gasteiger partial charge on any atom is 0.410 e. The van der Waals surface area contributed by atoms with Crippen LogP contribution in [-0.2, 0) is 17.2 Å². The molecule has 1 N–H and O–H groups in total. The first kappa shape index (κ1) is 23.0. The molecule has 0 radical (unpaired) electrons. The Labute approximate surface area is 197 Å². The maximum absolute atomic E-state index is 12.6. The van der Waals surface area contributed by atoms with E-state index >= 15 is 0 Å². The molecule has 0 aliphatic carbocycles. The minimum absolute atomic E-state index is 0.111. The van der Waals surface area contributed by atoms with E-state index in [1.54, 1.807) is 21.7 Å². The molecule has 1 saturated heterocycles. The van der Waals surface area contributed by atoms with Crippen molar-refractivity contribution in [2.75, 3.05) is 18.4 Å². The second-order valence-corrected chi connectivity index (χ2v) is 9.56. The van der Waals surface area contributed by atoms with Crippen LogP contribution in [0.25, 0.3) is 11.0 Å². The summed E-state index contributed by atoms with van der Waals surface area (Å²) in [7, 11) is 0. The van der Waals surface area contributed by atoms with Crippen LogP contribution in [-0.4, -0.2) is 44.2 Å². The molecule has 3 heterocycles. The predicted molar refractivity (Wildman–Crippen MR) is 129 cm³/mol. The molecule has 4 rings (SSSR count). The molecule has 1 aliphatic rings. The largest absolute Gasteiger partial charge is 0.444 e. The summed E-state index contributed by atoms with van der Waals surface area (Å²) in [5, 5.41) is 3.98. The van der Waals surface area contributed by atoms with Gasteiger partial charge in [-0.2, -0.15) is 4.98 Å². The number of pyridine rings is 1. The minimum Gasteiger partial charge on any atom is -0.444 e.